The fourth-order valence-corrected chi connectivity index (χ4v) is 4.58. The van der Waals surface area contributed by atoms with Gasteiger partial charge in [0.05, 0.1) is 4.90 Å². The first kappa shape index (κ1) is 21.3. The van der Waals surface area contributed by atoms with E-state index in [-0.39, 0.29) is 17.3 Å². The molecule has 3 rings (SSSR count). The fourth-order valence-electron chi connectivity index (χ4n) is 3.68. The van der Waals surface area contributed by atoms with Crippen LogP contribution in [0.25, 0.3) is 0 Å². The van der Waals surface area contributed by atoms with E-state index in [2.05, 4.69) is 17.6 Å². The lowest BCUT2D eigenvalue weighted by molar-refractivity contribution is -0.135. The van der Waals surface area contributed by atoms with E-state index in [4.69, 9.17) is 0 Å². The molecule has 158 valence electrons. The fraction of sp³-hybridized carbons (Fsp3) is 0.526. The number of carbonyl (C=O) groups excluding carboxylic acids is 3. The van der Waals surface area contributed by atoms with Crippen LogP contribution < -0.4 is 10.6 Å². The zero-order valence-corrected chi connectivity index (χ0v) is 17.6. The standard InChI is InChI=1S/C19H26N4O5S/c1-13-8-10-19(11-9-13)17(25)23(18(26)21-19)12-16(24)20-14-4-6-15(7-5-14)29(27,28)22(2)3/h4-7,13H,8-12H2,1-3H3,(H,20,24)(H,21,26). The predicted molar refractivity (Wildman–Crippen MR) is 107 cm³/mol. The average Bonchev–Trinajstić information content (AvgIpc) is 2.89. The molecule has 1 heterocycles. The summed E-state index contributed by atoms with van der Waals surface area (Å²) < 4.78 is 25.3. The third-order valence-electron chi connectivity index (χ3n) is 5.59. The lowest BCUT2D eigenvalue weighted by atomic mass is 9.77. The predicted octanol–water partition coefficient (Wildman–Crippen LogP) is 1.38. The second-order valence-corrected chi connectivity index (χ2v) is 10.1. The Morgan fingerprint density at radius 1 is 1.21 bits per heavy atom. The van der Waals surface area contributed by atoms with Crippen molar-refractivity contribution < 1.29 is 22.8 Å². The van der Waals surface area contributed by atoms with E-state index >= 15 is 0 Å². The van der Waals surface area contributed by atoms with E-state index in [9.17, 15) is 22.8 Å². The van der Waals surface area contributed by atoms with Gasteiger partial charge in [-0.3, -0.25) is 14.5 Å². The molecule has 0 atom stereocenters. The Morgan fingerprint density at radius 3 is 2.34 bits per heavy atom. The summed E-state index contributed by atoms with van der Waals surface area (Å²) in [4.78, 5) is 38.5. The van der Waals surface area contributed by atoms with Gasteiger partial charge in [0.2, 0.25) is 15.9 Å². The Labute approximate surface area is 170 Å². The molecule has 1 aromatic rings. The molecule has 2 N–H and O–H groups in total. The second kappa shape index (κ2) is 7.75. The van der Waals surface area contributed by atoms with Crippen LogP contribution in [0.1, 0.15) is 32.6 Å². The maximum atomic E-state index is 12.8. The van der Waals surface area contributed by atoms with E-state index in [0.717, 1.165) is 22.0 Å². The highest BCUT2D eigenvalue weighted by molar-refractivity contribution is 7.89. The molecule has 1 aromatic carbocycles. The Balaban J connectivity index is 1.64. The molecule has 1 saturated heterocycles. The molecule has 2 aliphatic rings. The molecular formula is C19H26N4O5S. The number of carbonyl (C=O) groups is 3. The van der Waals surface area contributed by atoms with Crippen LogP contribution >= 0.6 is 0 Å². The quantitative estimate of drug-likeness (QED) is 0.696. The van der Waals surface area contributed by atoms with E-state index in [1.807, 2.05) is 0 Å². The van der Waals surface area contributed by atoms with Crippen LogP contribution in [0.15, 0.2) is 29.2 Å². The van der Waals surface area contributed by atoms with Crippen molar-refractivity contribution in [3.63, 3.8) is 0 Å². The number of anilines is 1. The molecule has 1 saturated carbocycles. The number of hydrogen-bond acceptors (Lipinski definition) is 5. The zero-order valence-electron chi connectivity index (χ0n) is 16.8. The zero-order chi connectivity index (χ0) is 21.4. The normalized spacial score (nSPS) is 24.8. The number of nitrogens with zero attached hydrogens (tertiary/aromatic N) is 2. The van der Waals surface area contributed by atoms with Crippen LogP contribution in [0.5, 0.6) is 0 Å². The number of urea groups is 1. The largest absolute Gasteiger partial charge is 0.325 e. The van der Waals surface area contributed by atoms with Gasteiger partial charge in [-0.15, -0.1) is 0 Å². The smallest absolute Gasteiger partial charge is 0.325 e. The van der Waals surface area contributed by atoms with Gasteiger partial charge in [-0.1, -0.05) is 6.92 Å². The van der Waals surface area contributed by atoms with Crippen LogP contribution in [-0.4, -0.2) is 61.6 Å². The summed E-state index contributed by atoms with van der Waals surface area (Å²) in [6, 6.07) is 5.15. The minimum Gasteiger partial charge on any atom is -0.325 e. The van der Waals surface area contributed by atoms with Gasteiger partial charge in [0.15, 0.2) is 0 Å². The summed E-state index contributed by atoms with van der Waals surface area (Å²) in [5.74, 6) is -0.364. The van der Waals surface area contributed by atoms with Gasteiger partial charge in [0.1, 0.15) is 12.1 Å². The summed E-state index contributed by atoms with van der Waals surface area (Å²) in [6.45, 7) is 1.73. The molecule has 10 heteroatoms. The maximum Gasteiger partial charge on any atom is 0.325 e. The van der Waals surface area contributed by atoms with Crippen LogP contribution in [0, 0.1) is 5.92 Å². The van der Waals surface area contributed by atoms with Crippen molar-refractivity contribution in [1.29, 1.82) is 0 Å². The highest BCUT2D eigenvalue weighted by Crippen LogP contribution is 2.36. The second-order valence-electron chi connectivity index (χ2n) is 7.95. The molecule has 1 spiro atoms. The van der Waals surface area contributed by atoms with Crippen molar-refractivity contribution in [2.24, 2.45) is 5.92 Å². The molecule has 2 fully saturated rings. The van der Waals surface area contributed by atoms with Gasteiger partial charge in [-0.05, 0) is 55.9 Å². The minimum atomic E-state index is -3.56. The molecule has 0 unspecified atom stereocenters. The van der Waals surface area contributed by atoms with Gasteiger partial charge in [-0.25, -0.2) is 17.5 Å². The molecule has 1 aliphatic carbocycles. The summed E-state index contributed by atoms with van der Waals surface area (Å²) in [5, 5.41) is 5.37. The molecule has 9 nitrogen and oxygen atoms in total. The van der Waals surface area contributed by atoms with Gasteiger partial charge >= 0.3 is 6.03 Å². The maximum absolute atomic E-state index is 12.8. The number of rotatable bonds is 5. The Bertz CT molecular complexity index is 918. The summed E-state index contributed by atoms with van der Waals surface area (Å²) in [7, 11) is -0.694. The summed E-state index contributed by atoms with van der Waals surface area (Å²) in [6.07, 6.45) is 2.87. The van der Waals surface area contributed by atoms with Crippen molar-refractivity contribution in [1.82, 2.24) is 14.5 Å². The van der Waals surface area contributed by atoms with Crippen molar-refractivity contribution in [3.05, 3.63) is 24.3 Å². The SMILES string of the molecule is CC1CCC2(CC1)NC(=O)N(CC(=O)Nc1ccc(S(=O)(=O)N(C)C)cc1)C2=O. The lowest BCUT2D eigenvalue weighted by Gasteiger charge is -2.33. The van der Waals surface area contributed by atoms with Crippen LogP contribution in [0.4, 0.5) is 10.5 Å². The highest BCUT2D eigenvalue weighted by Gasteiger charge is 2.52. The minimum absolute atomic E-state index is 0.100. The van der Waals surface area contributed by atoms with Crippen molar-refractivity contribution >= 4 is 33.6 Å². The van der Waals surface area contributed by atoms with Crippen LogP contribution in [0.2, 0.25) is 0 Å². The number of amides is 4. The molecule has 4 amide bonds. The van der Waals surface area contributed by atoms with E-state index in [1.54, 1.807) is 0 Å². The highest BCUT2D eigenvalue weighted by atomic mass is 32.2. The molecule has 0 aromatic heterocycles. The third-order valence-corrected chi connectivity index (χ3v) is 7.42. The first-order chi connectivity index (χ1) is 13.5. The number of sulfonamides is 1. The first-order valence-corrected chi connectivity index (χ1v) is 11.0. The van der Waals surface area contributed by atoms with Crippen molar-refractivity contribution in [2.45, 2.75) is 43.0 Å². The molecule has 0 bridgehead atoms. The summed E-state index contributed by atoms with van der Waals surface area (Å²) >= 11 is 0. The van der Waals surface area contributed by atoms with Gasteiger partial charge in [-0.2, -0.15) is 0 Å². The van der Waals surface area contributed by atoms with Crippen molar-refractivity contribution in [3.8, 4) is 0 Å². The number of imide groups is 1. The third kappa shape index (κ3) is 4.13. The Hall–Kier alpha value is -2.46. The number of nitrogens with one attached hydrogen (secondary N) is 2. The van der Waals surface area contributed by atoms with E-state index < -0.39 is 27.5 Å². The van der Waals surface area contributed by atoms with Crippen LogP contribution in [-0.2, 0) is 19.6 Å². The molecule has 1 aliphatic heterocycles. The monoisotopic (exact) mass is 422 g/mol. The summed E-state index contributed by atoms with van der Waals surface area (Å²) in [5.41, 5.74) is -0.507. The van der Waals surface area contributed by atoms with Gasteiger partial charge in [0.25, 0.3) is 5.91 Å². The van der Waals surface area contributed by atoms with Gasteiger partial charge < -0.3 is 10.6 Å². The molecular weight excluding hydrogens is 396 g/mol. The molecule has 0 radical (unpaired) electrons. The number of hydrogen-bond donors (Lipinski definition) is 2. The van der Waals surface area contributed by atoms with Gasteiger partial charge in [0, 0.05) is 19.8 Å². The van der Waals surface area contributed by atoms with Crippen LogP contribution in [0.3, 0.4) is 0 Å². The van der Waals surface area contributed by atoms with E-state index in [1.165, 1.54) is 38.4 Å². The number of benzene rings is 1. The average molecular weight is 423 g/mol. The Kier molecular flexibility index (Phi) is 5.68. The first-order valence-electron chi connectivity index (χ1n) is 9.52. The van der Waals surface area contributed by atoms with E-state index in [0.29, 0.717) is 24.4 Å². The topological polar surface area (TPSA) is 116 Å². The lowest BCUT2D eigenvalue weighted by Crippen LogP contribution is -2.49. The molecule has 29 heavy (non-hydrogen) atoms. The Morgan fingerprint density at radius 2 is 1.79 bits per heavy atom. The van der Waals surface area contributed by atoms with Crippen molar-refractivity contribution in [2.75, 3.05) is 26.0 Å².